The molecule has 1 saturated heterocycles. The molecule has 3 heteroatoms. The molecule has 1 heterocycles. The van der Waals surface area contributed by atoms with Gasteiger partial charge in [-0.1, -0.05) is 22.6 Å². The third-order valence-corrected chi connectivity index (χ3v) is 2.07. The van der Waals surface area contributed by atoms with Crippen molar-refractivity contribution in [3.8, 4) is 0 Å². The van der Waals surface area contributed by atoms with Crippen LogP contribution in [-0.4, -0.2) is 29.2 Å². The number of alkyl halides is 1. The Morgan fingerprint density at radius 3 is 2.86 bits per heavy atom. The minimum atomic E-state index is 1.09. The quantitative estimate of drug-likeness (QED) is 0.380. The SMILES string of the molecule is ICN1CCNC1. The van der Waals surface area contributed by atoms with Crippen LogP contribution in [0, 0.1) is 0 Å². The lowest BCUT2D eigenvalue weighted by Gasteiger charge is -2.05. The second-order valence-corrected chi connectivity index (χ2v) is 2.35. The van der Waals surface area contributed by atoms with E-state index in [1.165, 1.54) is 13.1 Å². The molecule has 7 heavy (non-hydrogen) atoms. The maximum absolute atomic E-state index is 3.24. The highest BCUT2D eigenvalue weighted by atomic mass is 127. The summed E-state index contributed by atoms with van der Waals surface area (Å²) in [5.74, 6) is 0. The van der Waals surface area contributed by atoms with Crippen molar-refractivity contribution in [1.82, 2.24) is 10.2 Å². The van der Waals surface area contributed by atoms with E-state index in [0.29, 0.717) is 0 Å². The van der Waals surface area contributed by atoms with Crippen LogP contribution < -0.4 is 5.32 Å². The Kier molecular flexibility index (Phi) is 2.34. The van der Waals surface area contributed by atoms with E-state index < -0.39 is 0 Å². The fourth-order valence-corrected chi connectivity index (χ4v) is 1.24. The average Bonchev–Trinajstić information content (AvgIpc) is 2.14. The minimum absolute atomic E-state index is 1.09. The van der Waals surface area contributed by atoms with Crippen molar-refractivity contribution >= 4 is 22.6 Å². The van der Waals surface area contributed by atoms with Gasteiger partial charge in [-0.15, -0.1) is 0 Å². The number of halogens is 1. The van der Waals surface area contributed by atoms with Crippen LogP contribution in [0.25, 0.3) is 0 Å². The molecule has 0 unspecified atom stereocenters. The largest absolute Gasteiger partial charge is 0.303 e. The smallest absolute Gasteiger partial charge is 0.0518 e. The van der Waals surface area contributed by atoms with Gasteiger partial charge in [0.2, 0.25) is 0 Å². The van der Waals surface area contributed by atoms with Crippen LogP contribution in [-0.2, 0) is 0 Å². The fourth-order valence-electron chi connectivity index (χ4n) is 0.655. The van der Waals surface area contributed by atoms with Crippen LogP contribution in [0.15, 0.2) is 0 Å². The topological polar surface area (TPSA) is 15.3 Å². The number of hydrogen-bond donors (Lipinski definition) is 1. The van der Waals surface area contributed by atoms with Gasteiger partial charge in [-0.05, 0) is 0 Å². The average molecular weight is 212 g/mol. The van der Waals surface area contributed by atoms with Gasteiger partial charge in [0.25, 0.3) is 0 Å². The number of hydrogen-bond acceptors (Lipinski definition) is 2. The van der Waals surface area contributed by atoms with E-state index in [0.717, 1.165) is 11.2 Å². The molecule has 1 fully saturated rings. The van der Waals surface area contributed by atoms with Crippen LogP contribution in [0.5, 0.6) is 0 Å². The third kappa shape index (κ3) is 1.54. The van der Waals surface area contributed by atoms with Gasteiger partial charge < -0.3 is 5.32 Å². The lowest BCUT2D eigenvalue weighted by atomic mass is 10.7. The summed E-state index contributed by atoms with van der Waals surface area (Å²) in [6.07, 6.45) is 0. The van der Waals surface area contributed by atoms with Crippen LogP contribution >= 0.6 is 22.6 Å². The zero-order valence-electron chi connectivity index (χ0n) is 4.15. The summed E-state index contributed by atoms with van der Waals surface area (Å²) in [4.78, 5) is 2.36. The molecule has 0 atom stereocenters. The van der Waals surface area contributed by atoms with Gasteiger partial charge in [-0.3, -0.25) is 4.90 Å². The van der Waals surface area contributed by atoms with Crippen LogP contribution in [0.3, 0.4) is 0 Å². The first-order chi connectivity index (χ1) is 3.43. The Morgan fingerprint density at radius 1 is 1.71 bits per heavy atom. The monoisotopic (exact) mass is 212 g/mol. The Balaban J connectivity index is 2.14. The molecule has 1 aliphatic heterocycles. The predicted molar refractivity (Wildman–Crippen MR) is 38.5 cm³/mol. The molecule has 0 aromatic rings. The first-order valence-electron chi connectivity index (χ1n) is 2.42. The maximum atomic E-state index is 3.24. The van der Waals surface area contributed by atoms with E-state index in [2.05, 4.69) is 32.8 Å². The summed E-state index contributed by atoms with van der Waals surface area (Å²) in [7, 11) is 0. The van der Waals surface area contributed by atoms with E-state index in [1.54, 1.807) is 0 Å². The summed E-state index contributed by atoms with van der Waals surface area (Å²) < 4.78 is 1.16. The zero-order valence-corrected chi connectivity index (χ0v) is 6.31. The third-order valence-electron chi connectivity index (χ3n) is 1.11. The maximum Gasteiger partial charge on any atom is 0.0518 e. The molecule has 42 valence electrons. The molecule has 0 radical (unpaired) electrons. The first kappa shape index (κ1) is 5.78. The van der Waals surface area contributed by atoms with Crippen molar-refractivity contribution in [1.29, 1.82) is 0 Å². The first-order valence-corrected chi connectivity index (χ1v) is 3.95. The molecule has 0 saturated carbocycles. The number of nitrogens with zero attached hydrogens (tertiary/aromatic N) is 1. The molecule has 0 aromatic carbocycles. The molecule has 1 rings (SSSR count). The van der Waals surface area contributed by atoms with E-state index in [-0.39, 0.29) is 0 Å². The second-order valence-electron chi connectivity index (χ2n) is 1.67. The normalized spacial score (nSPS) is 23.6. The van der Waals surface area contributed by atoms with Gasteiger partial charge in [-0.25, -0.2) is 0 Å². The lowest BCUT2D eigenvalue weighted by molar-refractivity contribution is 0.404. The molecule has 0 spiro atoms. The molecule has 2 nitrogen and oxygen atoms in total. The van der Waals surface area contributed by atoms with Crippen molar-refractivity contribution in [2.45, 2.75) is 0 Å². The molecule has 0 bridgehead atoms. The van der Waals surface area contributed by atoms with Gasteiger partial charge in [-0.2, -0.15) is 0 Å². The Bertz CT molecular complexity index is 51.7. The Morgan fingerprint density at radius 2 is 2.57 bits per heavy atom. The van der Waals surface area contributed by atoms with Crippen molar-refractivity contribution < 1.29 is 0 Å². The van der Waals surface area contributed by atoms with Crippen molar-refractivity contribution in [3.63, 3.8) is 0 Å². The molecule has 1 aliphatic rings. The number of rotatable bonds is 1. The second kappa shape index (κ2) is 2.84. The standard InChI is InChI=1S/C4H9IN2/c5-3-7-2-1-6-4-7/h6H,1-4H2. The van der Waals surface area contributed by atoms with E-state index in [9.17, 15) is 0 Å². The lowest BCUT2D eigenvalue weighted by Crippen LogP contribution is -2.19. The van der Waals surface area contributed by atoms with Gasteiger partial charge in [0.1, 0.15) is 0 Å². The fraction of sp³-hybridized carbons (Fsp3) is 1.00. The van der Waals surface area contributed by atoms with Crippen molar-refractivity contribution in [2.75, 3.05) is 24.3 Å². The Labute approximate surface area is 57.4 Å². The van der Waals surface area contributed by atoms with Gasteiger partial charge in [0, 0.05) is 19.8 Å². The predicted octanol–water partition coefficient (Wildman–Crippen LogP) is 0.242. The summed E-state index contributed by atoms with van der Waals surface area (Å²) in [6, 6.07) is 0. The molecule has 0 aromatic heterocycles. The van der Waals surface area contributed by atoms with Gasteiger partial charge >= 0.3 is 0 Å². The number of nitrogens with one attached hydrogen (secondary N) is 1. The van der Waals surface area contributed by atoms with Crippen molar-refractivity contribution in [3.05, 3.63) is 0 Å². The summed E-state index contributed by atoms with van der Waals surface area (Å²) in [6.45, 7) is 3.48. The highest BCUT2D eigenvalue weighted by Crippen LogP contribution is 1.94. The van der Waals surface area contributed by atoms with Crippen LogP contribution in [0.1, 0.15) is 0 Å². The Hall–Kier alpha value is 0.650. The zero-order chi connectivity index (χ0) is 5.11. The summed E-state index contributed by atoms with van der Waals surface area (Å²) in [5, 5.41) is 3.24. The summed E-state index contributed by atoms with van der Waals surface area (Å²) in [5.41, 5.74) is 0. The highest BCUT2D eigenvalue weighted by Gasteiger charge is 2.06. The molecule has 0 amide bonds. The molecule has 1 N–H and O–H groups in total. The van der Waals surface area contributed by atoms with Crippen LogP contribution in [0.2, 0.25) is 0 Å². The van der Waals surface area contributed by atoms with E-state index in [1.807, 2.05) is 0 Å². The molecular formula is C4H9IN2. The molecule has 0 aliphatic carbocycles. The van der Waals surface area contributed by atoms with Crippen molar-refractivity contribution in [2.24, 2.45) is 0 Å². The van der Waals surface area contributed by atoms with Crippen LogP contribution in [0.4, 0.5) is 0 Å². The molecular weight excluding hydrogens is 203 g/mol. The minimum Gasteiger partial charge on any atom is -0.303 e. The van der Waals surface area contributed by atoms with E-state index in [4.69, 9.17) is 0 Å². The summed E-state index contributed by atoms with van der Waals surface area (Å²) >= 11 is 2.38. The van der Waals surface area contributed by atoms with Gasteiger partial charge in [0.15, 0.2) is 0 Å². The van der Waals surface area contributed by atoms with E-state index >= 15 is 0 Å². The highest BCUT2D eigenvalue weighted by molar-refractivity contribution is 14.1. The van der Waals surface area contributed by atoms with Gasteiger partial charge in [0.05, 0.1) is 4.55 Å².